The van der Waals surface area contributed by atoms with Gasteiger partial charge in [0.25, 0.3) is 0 Å². The number of rotatable bonds is 7. The number of nitrogens with zero attached hydrogens (tertiary/aromatic N) is 4. The Morgan fingerprint density at radius 2 is 1.83 bits per heavy atom. The summed E-state index contributed by atoms with van der Waals surface area (Å²) in [6.07, 6.45) is 7.59. The van der Waals surface area contributed by atoms with E-state index in [2.05, 4.69) is 60.0 Å². The molecule has 2 aliphatic heterocycles. The molecule has 35 heavy (non-hydrogen) atoms. The number of hydrogen-bond acceptors (Lipinski definition) is 3. The van der Waals surface area contributed by atoms with E-state index in [9.17, 15) is 9.18 Å². The first kappa shape index (κ1) is 23.9. The van der Waals surface area contributed by atoms with Crippen molar-refractivity contribution in [2.45, 2.75) is 31.2 Å². The molecule has 5 rings (SSSR count). The van der Waals surface area contributed by atoms with Crippen molar-refractivity contribution >= 4 is 34.3 Å². The second-order valence-corrected chi connectivity index (χ2v) is 10.5. The van der Waals surface area contributed by atoms with E-state index in [4.69, 9.17) is 0 Å². The van der Waals surface area contributed by atoms with Crippen LogP contribution in [0.2, 0.25) is 0 Å². The van der Waals surface area contributed by atoms with Crippen LogP contribution in [-0.4, -0.2) is 76.9 Å². The van der Waals surface area contributed by atoms with Crippen LogP contribution < -0.4 is 0 Å². The fraction of sp³-hybridized carbons (Fsp3) is 0.393. The summed E-state index contributed by atoms with van der Waals surface area (Å²) in [6.45, 7) is 9.36. The highest BCUT2D eigenvalue weighted by Crippen LogP contribution is 2.34. The number of carbonyl (C=O) groups is 1. The van der Waals surface area contributed by atoms with Crippen molar-refractivity contribution in [2.75, 3.05) is 45.5 Å². The van der Waals surface area contributed by atoms with Gasteiger partial charge in [-0.25, -0.2) is 9.18 Å². The van der Waals surface area contributed by atoms with Crippen molar-refractivity contribution in [3.63, 3.8) is 0 Å². The van der Waals surface area contributed by atoms with Crippen molar-refractivity contribution in [1.82, 2.24) is 19.3 Å². The summed E-state index contributed by atoms with van der Waals surface area (Å²) < 4.78 is 15.7. The van der Waals surface area contributed by atoms with Gasteiger partial charge in [-0.2, -0.15) is 0 Å². The number of amides is 2. The zero-order valence-corrected chi connectivity index (χ0v) is 21.5. The molecule has 1 fully saturated rings. The minimum absolute atomic E-state index is 0.173. The van der Waals surface area contributed by atoms with E-state index in [1.807, 2.05) is 21.9 Å². The Balaban J connectivity index is 1.34. The van der Waals surface area contributed by atoms with Gasteiger partial charge in [0.2, 0.25) is 0 Å². The summed E-state index contributed by atoms with van der Waals surface area (Å²) in [5.74, 6) is -0.224. The first-order valence-corrected chi connectivity index (χ1v) is 13.6. The van der Waals surface area contributed by atoms with Gasteiger partial charge in [-0.3, -0.25) is 4.90 Å². The molecule has 7 heteroatoms. The number of urea groups is 1. The van der Waals surface area contributed by atoms with Gasteiger partial charge in [-0.05, 0) is 68.5 Å². The third-order valence-corrected chi connectivity index (χ3v) is 7.92. The van der Waals surface area contributed by atoms with Crippen molar-refractivity contribution in [1.29, 1.82) is 0 Å². The van der Waals surface area contributed by atoms with Gasteiger partial charge in [0.1, 0.15) is 5.82 Å². The van der Waals surface area contributed by atoms with Crippen LogP contribution in [-0.2, 0) is 0 Å². The van der Waals surface area contributed by atoms with Crippen LogP contribution >= 0.6 is 11.8 Å². The van der Waals surface area contributed by atoms with Crippen LogP contribution in [0.5, 0.6) is 0 Å². The van der Waals surface area contributed by atoms with Crippen LogP contribution in [0.15, 0.2) is 59.6 Å². The number of carbonyl (C=O) groups excluding carboxylic acids is 1. The third kappa shape index (κ3) is 4.84. The Hall–Kier alpha value is -2.77. The van der Waals surface area contributed by atoms with Gasteiger partial charge in [0.15, 0.2) is 0 Å². The number of halogens is 1. The fourth-order valence-electron chi connectivity index (χ4n) is 5.11. The molecule has 1 saturated heterocycles. The first-order chi connectivity index (χ1) is 16.9. The minimum Gasteiger partial charge on any atom is -0.322 e. The highest BCUT2D eigenvalue weighted by atomic mass is 32.2. The number of benzene rings is 2. The smallest absolute Gasteiger partial charge is 0.320 e. The summed E-state index contributed by atoms with van der Waals surface area (Å²) in [5, 5.41) is 1.23. The molecule has 2 aromatic carbocycles. The number of aromatic nitrogens is 1. The molecule has 0 bridgehead atoms. The predicted octanol–water partition coefficient (Wildman–Crippen LogP) is 5.73. The van der Waals surface area contributed by atoms with Gasteiger partial charge in [-0.15, -0.1) is 11.8 Å². The summed E-state index contributed by atoms with van der Waals surface area (Å²) in [4.78, 5) is 20.1. The lowest BCUT2D eigenvalue weighted by Crippen LogP contribution is -2.40. The normalized spacial score (nSPS) is 17.2. The molecule has 5 nitrogen and oxygen atoms in total. The second-order valence-electron chi connectivity index (χ2n) is 9.61. The van der Waals surface area contributed by atoms with Crippen molar-refractivity contribution in [3.05, 3.63) is 66.1 Å². The van der Waals surface area contributed by atoms with Crippen LogP contribution in [0, 0.1) is 5.82 Å². The maximum atomic E-state index is 13.6. The zero-order chi connectivity index (χ0) is 24.5. The molecular weight excluding hydrogens is 459 g/mol. The number of hydrogen-bond donors (Lipinski definition) is 0. The van der Waals surface area contributed by atoms with E-state index in [-0.39, 0.29) is 17.9 Å². The molecular formula is C28H33FN4OS. The largest absolute Gasteiger partial charge is 0.322 e. The van der Waals surface area contributed by atoms with Gasteiger partial charge in [0, 0.05) is 73.0 Å². The van der Waals surface area contributed by atoms with Crippen LogP contribution in [0.25, 0.3) is 22.2 Å². The topological polar surface area (TPSA) is 31.7 Å². The average molecular weight is 493 g/mol. The SMILES string of the molecule is CSc1ccc2c(C3=CCN(CCN4CCN(C(C)C)C4=O)CC3)cn(-c3ccc(F)cc3)c2c1. The second kappa shape index (κ2) is 10.1. The quantitative estimate of drug-likeness (QED) is 0.395. The summed E-state index contributed by atoms with van der Waals surface area (Å²) in [5.41, 5.74) is 4.71. The molecule has 0 unspecified atom stereocenters. The Labute approximate surface area is 211 Å². The van der Waals surface area contributed by atoms with Gasteiger partial charge < -0.3 is 14.4 Å². The Bertz CT molecular complexity index is 1250. The maximum absolute atomic E-state index is 13.6. The van der Waals surface area contributed by atoms with E-state index >= 15 is 0 Å². The Morgan fingerprint density at radius 1 is 1.03 bits per heavy atom. The monoisotopic (exact) mass is 492 g/mol. The van der Waals surface area contributed by atoms with Crippen LogP contribution in [0.3, 0.4) is 0 Å². The van der Waals surface area contributed by atoms with Gasteiger partial charge in [-0.1, -0.05) is 12.1 Å². The molecule has 0 saturated carbocycles. The zero-order valence-electron chi connectivity index (χ0n) is 20.7. The van der Waals surface area contributed by atoms with Crippen LogP contribution in [0.4, 0.5) is 9.18 Å². The van der Waals surface area contributed by atoms with E-state index in [0.717, 1.165) is 56.9 Å². The molecule has 0 aliphatic carbocycles. The molecule has 0 N–H and O–H groups in total. The number of thioether (sulfide) groups is 1. The van der Waals surface area contributed by atoms with Gasteiger partial charge >= 0.3 is 6.03 Å². The van der Waals surface area contributed by atoms with Gasteiger partial charge in [0.05, 0.1) is 5.52 Å². The average Bonchev–Trinajstić information content (AvgIpc) is 3.43. The Kier molecular flexibility index (Phi) is 6.89. The van der Waals surface area contributed by atoms with Crippen molar-refractivity contribution in [3.8, 4) is 5.69 Å². The minimum atomic E-state index is -0.224. The van der Waals surface area contributed by atoms with Crippen molar-refractivity contribution < 1.29 is 9.18 Å². The molecule has 3 aromatic rings. The van der Waals surface area contributed by atoms with E-state index < -0.39 is 0 Å². The van der Waals surface area contributed by atoms with Crippen molar-refractivity contribution in [2.24, 2.45) is 0 Å². The molecule has 2 aliphatic rings. The molecule has 0 spiro atoms. The first-order valence-electron chi connectivity index (χ1n) is 12.4. The highest BCUT2D eigenvalue weighted by molar-refractivity contribution is 7.98. The lowest BCUT2D eigenvalue weighted by molar-refractivity contribution is 0.176. The van der Waals surface area contributed by atoms with Crippen LogP contribution in [0.1, 0.15) is 25.8 Å². The molecule has 0 radical (unpaired) electrons. The summed E-state index contributed by atoms with van der Waals surface area (Å²) in [7, 11) is 0. The lowest BCUT2D eigenvalue weighted by Gasteiger charge is -2.28. The summed E-state index contributed by atoms with van der Waals surface area (Å²) >= 11 is 1.73. The van der Waals surface area contributed by atoms with E-state index in [0.29, 0.717) is 0 Å². The molecule has 184 valence electrons. The molecule has 2 amide bonds. The lowest BCUT2D eigenvalue weighted by atomic mass is 9.99. The Morgan fingerprint density at radius 3 is 2.49 bits per heavy atom. The number of fused-ring (bicyclic) bond motifs is 1. The predicted molar refractivity (Wildman–Crippen MR) is 143 cm³/mol. The summed E-state index contributed by atoms with van der Waals surface area (Å²) in [6, 6.07) is 13.7. The standard InChI is InChI=1S/C28H33FN4OS/c1-20(2)32-17-16-31(28(32)34)15-14-30-12-10-21(11-13-30)26-19-33(23-6-4-22(29)5-7-23)27-18-24(35-3)8-9-25(26)27/h4-10,18-20H,11-17H2,1-3H3. The highest BCUT2D eigenvalue weighted by Gasteiger charge is 2.30. The molecule has 1 aromatic heterocycles. The maximum Gasteiger partial charge on any atom is 0.320 e. The fourth-order valence-corrected chi connectivity index (χ4v) is 5.55. The molecule has 0 atom stereocenters. The van der Waals surface area contributed by atoms with E-state index in [1.54, 1.807) is 11.8 Å². The molecule has 3 heterocycles. The third-order valence-electron chi connectivity index (χ3n) is 7.19. The van der Waals surface area contributed by atoms with E-state index in [1.165, 1.54) is 33.6 Å².